The molecule has 0 spiro atoms. The van der Waals surface area contributed by atoms with Gasteiger partial charge < -0.3 is 15.7 Å². The molecule has 0 radical (unpaired) electrons. The molecule has 0 aromatic heterocycles. The smallest absolute Gasteiger partial charge is 0.335 e. The summed E-state index contributed by atoms with van der Waals surface area (Å²) in [4.78, 5) is 27.1. The summed E-state index contributed by atoms with van der Waals surface area (Å²) in [5, 5.41) is 15.8. The zero-order chi connectivity index (χ0) is 23.5. The van der Waals surface area contributed by atoms with Crippen LogP contribution in [0.25, 0.3) is 11.3 Å². The lowest BCUT2D eigenvalue weighted by Crippen LogP contribution is -2.29. The first kappa shape index (κ1) is 21.9. The number of carbonyl (C=O) groups is 2. The molecule has 1 saturated heterocycles. The van der Waals surface area contributed by atoms with Gasteiger partial charge >= 0.3 is 5.97 Å². The lowest BCUT2D eigenvalue weighted by molar-refractivity contribution is -0.110. The topological polar surface area (TPSA) is 81.7 Å². The maximum absolute atomic E-state index is 13.0. The third kappa shape index (κ3) is 4.58. The number of carboxylic acids is 1. The van der Waals surface area contributed by atoms with Crippen LogP contribution in [-0.2, 0) is 11.3 Å². The lowest BCUT2D eigenvalue weighted by atomic mass is 9.98. The second-order valence-corrected chi connectivity index (χ2v) is 8.79. The van der Waals surface area contributed by atoms with Crippen LogP contribution in [-0.4, -0.2) is 35.0 Å². The SMILES string of the molecule is O=C1Nc2ccc(C(=O)O)cc2/C1=C(/Nc1ccc(CN2CCCCC2)cc1)c1ccccc1. The zero-order valence-corrected chi connectivity index (χ0v) is 18.9. The van der Waals surface area contributed by atoms with Crippen molar-refractivity contribution in [2.75, 3.05) is 23.7 Å². The zero-order valence-electron chi connectivity index (χ0n) is 18.9. The number of hydrogen-bond acceptors (Lipinski definition) is 4. The van der Waals surface area contributed by atoms with Gasteiger partial charge in [0, 0.05) is 23.5 Å². The Labute approximate surface area is 198 Å². The molecule has 2 aliphatic rings. The van der Waals surface area contributed by atoms with Gasteiger partial charge in [0.05, 0.1) is 16.8 Å². The van der Waals surface area contributed by atoms with Gasteiger partial charge in [-0.15, -0.1) is 0 Å². The Morgan fingerprint density at radius 1 is 0.912 bits per heavy atom. The fourth-order valence-corrected chi connectivity index (χ4v) is 4.65. The number of anilines is 2. The highest BCUT2D eigenvalue weighted by atomic mass is 16.4. The van der Waals surface area contributed by atoms with Crippen LogP contribution < -0.4 is 10.6 Å². The largest absolute Gasteiger partial charge is 0.478 e. The number of carbonyl (C=O) groups excluding carboxylic acids is 1. The molecule has 3 aromatic carbocycles. The number of benzene rings is 3. The Kier molecular flexibility index (Phi) is 6.14. The van der Waals surface area contributed by atoms with Gasteiger partial charge in [0.15, 0.2) is 0 Å². The van der Waals surface area contributed by atoms with E-state index in [2.05, 4.69) is 27.7 Å². The van der Waals surface area contributed by atoms with Gasteiger partial charge in [-0.05, 0) is 67.4 Å². The number of nitrogens with zero attached hydrogens (tertiary/aromatic N) is 1. The molecule has 0 unspecified atom stereocenters. The number of rotatable bonds is 6. The molecule has 3 aromatic rings. The molecule has 0 saturated carbocycles. The van der Waals surface area contributed by atoms with E-state index in [1.165, 1.54) is 30.9 Å². The molecule has 1 fully saturated rings. The molecular weight excluding hydrogens is 426 g/mol. The first-order chi connectivity index (χ1) is 16.6. The van der Waals surface area contributed by atoms with Crippen LogP contribution in [0.1, 0.15) is 46.3 Å². The number of hydrogen-bond donors (Lipinski definition) is 3. The fraction of sp³-hybridized carbons (Fsp3) is 0.214. The van der Waals surface area contributed by atoms with Gasteiger partial charge in [0.25, 0.3) is 5.91 Å². The predicted octanol–water partition coefficient (Wildman–Crippen LogP) is 5.30. The van der Waals surface area contributed by atoms with E-state index in [1.54, 1.807) is 12.1 Å². The molecule has 0 bridgehead atoms. The van der Waals surface area contributed by atoms with Crippen LogP contribution >= 0.6 is 0 Å². The minimum atomic E-state index is -1.03. The van der Waals surface area contributed by atoms with Crippen molar-refractivity contribution in [3.05, 3.63) is 95.1 Å². The Morgan fingerprint density at radius 2 is 1.65 bits per heavy atom. The van der Waals surface area contributed by atoms with Crippen LogP contribution in [0.3, 0.4) is 0 Å². The van der Waals surface area contributed by atoms with Crippen molar-refractivity contribution in [1.82, 2.24) is 4.90 Å². The second kappa shape index (κ2) is 9.53. The predicted molar refractivity (Wildman–Crippen MR) is 134 cm³/mol. The lowest BCUT2D eigenvalue weighted by Gasteiger charge is -2.26. The Hall–Kier alpha value is -3.90. The number of amides is 1. The summed E-state index contributed by atoms with van der Waals surface area (Å²) in [5.74, 6) is -1.29. The fourth-order valence-electron chi connectivity index (χ4n) is 4.65. The van der Waals surface area contributed by atoms with Crippen LogP contribution in [0.2, 0.25) is 0 Å². The molecule has 2 heterocycles. The Balaban J connectivity index is 1.50. The minimum Gasteiger partial charge on any atom is -0.478 e. The summed E-state index contributed by atoms with van der Waals surface area (Å²) in [5.41, 5.74) is 5.38. The van der Waals surface area contributed by atoms with Gasteiger partial charge in [0.2, 0.25) is 0 Å². The Morgan fingerprint density at radius 3 is 2.35 bits per heavy atom. The molecular formula is C28H27N3O3. The average Bonchev–Trinajstić information content (AvgIpc) is 3.19. The third-order valence-corrected chi connectivity index (χ3v) is 6.40. The van der Waals surface area contributed by atoms with Crippen molar-refractivity contribution in [2.45, 2.75) is 25.8 Å². The van der Waals surface area contributed by atoms with Crippen LogP contribution in [0.15, 0.2) is 72.8 Å². The first-order valence-electron chi connectivity index (χ1n) is 11.7. The van der Waals surface area contributed by atoms with Crippen molar-refractivity contribution in [1.29, 1.82) is 0 Å². The monoisotopic (exact) mass is 453 g/mol. The summed E-state index contributed by atoms with van der Waals surface area (Å²) >= 11 is 0. The molecule has 0 atom stereocenters. The molecule has 6 nitrogen and oxygen atoms in total. The maximum atomic E-state index is 13.0. The number of aromatic carboxylic acids is 1. The van der Waals surface area contributed by atoms with E-state index in [0.29, 0.717) is 22.5 Å². The summed E-state index contributed by atoms with van der Waals surface area (Å²) in [6.07, 6.45) is 3.85. The van der Waals surface area contributed by atoms with Gasteiger partial charge in [-0.3, -0.25) is 9.69 Å². The van der Waals surface area contributed by atoms with Gasteiger partial charge in [0.1, 0.15) is 0 Å². The van der Waals surface area contributed by atoms with Crippen LogP contribution in [0, 0.1) is 0 Å². The van der Waals surface area contributed by atoms with E-state index >= 15 is 0 Å². The minimum absolute atomic E-state index is 0.141. The van der Waals surface area contributed by atoms with Crippen molar-refractivity contribution >= 4 is 34.5 Å². The first-order valence-corrected chi connectivity index (χ1v) is 11.7. The molecule has 3 N–H and O–H groups in total. The van der Waals surface area contributed by atoms with Crippen molar-refractivity contribution in [3.63, 3.8) is 0 Å². The highest BCUT2D eigenvalue weighted by molar-refractivity contribution is 6.37. The average molecular weight is 454 g/mol. The van der Waals surface area contributed by atoms with E-state index in [0.717, 1.165) is 30.9 Å². The normalized spacial score (nSPS) is 17.1. The Bertz CT molecular complexity index is 1240. The van der Waals surface area contributed by atoms with Gasteiger partial charge in [-0.2, -0.15) is 0 Å². The molecule has 2 aliphatic heterocycles. The van der Waals surface area contributed by atoms with Gasteiger partial charge in [-0.1, -0.05) is 48.9 Å². The summed E-state index contributed by atoms with van der Waals surface area (Å²) in [6.45, 7) is 3.24. The van der Waals surface area contributed by atoms with Crippen molar-refractivity contribution < 1.29 is 14.7 Å². The summed E-state index contributed by atoms with van der Waals surface area (Å²) in [7, 11) is 0. The number of piperidine rings is 1. The molecule has 5 rings (SSSR count). The highest BCUT2D eigenvalue weighted by Crippen LogP contribution is 2.38. The van der Waals surface area contributed by atoms with Gasteiger partial charge in [-0.25, -0.2) is 4.79 Å². The maximum Gasteiger partial charge on any atom is 0.335 e. The van der Waals surface area contributed by atoms with E-state index < -0.39 is 5.97 Å². The van der Waals surface area contributed by atoms with Crippen LogP contribution in [0.5, 0.6) is 0 Å². The molecule has 34 heavy (non-hydrogen) atoms. The number of fused-ring (bicyclic) bond motifs is 1. The summed E-state index contributed by atoms with van der Waals surface area (Å²) < 4.78 is 0. The standard InChI is InChI=1S/C28H27N3O3/c32-27-25(23-17-21(28(33)34)11-14-24(23)30-27)26(20-7-3-1-4-8-20)29-22-12-9-19(10-13-22)18-31-15-5-2-6-16-31/h1,3-4,7-14,17,29H,2,5-6,15-16,18H2,(H,30,32)(H,33,34)/b26-25-. The van der Waals surface area contributed by atoms with E-state index in [9.17, 15) is 14.7 Å². The molecule has 172 valence electrons. The van der Waals surface area contributed by atoms with E-state index in [-0.39, 0.29) is 11.5 Å². The highest BCUT2D eigenvalue weighted by Gasteiger charge is 2.29. The summed E-state index contributed by atoms with van der Waals surface area (Å²) in [6, 6.07) is 22.6. The number of carboxylic acid groups (broad SMARTS) is 1. The molecule has 0 aliphatic carbocycles. The van der Waals surface area contributed by atoms with Crippen molar-refractivity contribution in [3.8, 4) is 0 Å². The van der Waals surface area contributed by atoms with Crippen molar-refractivity contribution in [2.24, 2.45) is 0 Å². The number of likely N-dealkylation sites (tertiary alicyclic amines) is 1. The van der Waals surface area contributed by atoms with E-state index in [4.69, 9.17) is 0 Å². The second-order valence-electron chi connectivity index (χ2n) is 8.79. The van der Waals surface area contributed by atoms with Crippen LogP contribution in [0.4, 0.5) is 11.4 Å². The number of nitrogens with one attached hydrogen (secondary N) is 2. The quantitative estimate of drug-likeness (QED) is 0.441. The molecule has 1 amide bonds. The van der Waals surface area contributed by atoms with E-state index in [1.807, 2.05) is 42.5 Å². The third-order valence-electron chi connectivity index (χ3n) is 6.40. The molecule has 6 heteroatoms.